The summed E-state index contributed by atoms with van der Waals surface area (Å²) in [5.74, 6) is 0.541. The van der Waals surface area contributed by atoms with Crippen LogP contribution in [0.15, 0.2) is 53.8 Å². The first-order valence-electron chi connectivity index (χ1n) is 8.07. The lowest BCUT2D eigenvalue weighted by atomic mass is 10.1. The zero-order valence-corrected chi connectivity index (χ0v) is 17.6. The number of nitrogens with one attached hydrogen (secondary N) is 3. The Morgan fingerprint density at radius 2 is 1.81 bits per heavy atom. The van der Waals surface area contributed by atoms with E-state index in [1.807, 2.05) is 24.3 Å². The average molecular weight is 488 g/mol. The second-order valence-electron chi connectivity index (χ2n) is 5.26. The van der Waals surface area contributed by atoms with Crippen molar-refractivity contribution in [3.63, 3.8) is 0 Å². The van der Waals surface area contributed by atoms with Gasteiger partial charge in [0.2, 0.25) is 0 Å². The van der Waals surface area contributed by atoms with E-state index in [1.165, 1.54) is 6.20 Å². The number of nitrogens with zero attached hydrogens (tertiary/aromatic N) is 2. The number of benzene rings is 1. The minimum atomic E-state index is -0.142. The van der Waals surface area contributed by atoms with Crippen molar-refractivity contribution >= 4 is 47.4 Å². The van der Waals surface area contributed by atoms with E-state index in [0.717, 1.165) is 17.0 Å². The van der Waals surface area contributed by atoms with Gasteiger partial charge in [-0.2, -0.15) is 0 Å². The van der Waals surface area contributed by atoms with Crippen LogP contribution in [0.3, 0.4) is 0 Å². The van der Waals surface area contributed by atoms with Crippen molar-refractivity contribution in [2.24, 2.45) is 4.99 Å². The number of carbonyl (C=O) groups is 1. The number of rotatable bonds is 7. The highest BCUT2D eigenvalue weighted by Gasteiger charge is 2.04. The molecule has 1 aromatic carbocycles. The number of guanidine groups is 1. The maximum Gasteiger partial charge on any atom is 0.252 e. The van der Waals surface area contributed by atoms with Crippen LogP contribution in [0, 0.1) is 0 Å². The van der Waals surface area contributed by atoms with Crippen molar-refractivity contribution < 1.29 is 4.79 Å². The van der Waals surface area contributed by atoms with Gasteiger partial charge in [0.25, 0.3) is 5.91 Å². The predicted molar refractivity (Wildman–Crippen MR) is 117 cm³/mol. The summed E-state index contributed by atoms with van der Waals surface area (Å²) in [7, 11) is 1.71. The second kappa shape index (κ2) is 12.5. The van der Waals surface area contributed by atoms with E-state index in [0.29, 0.717) is 31.2 Å². The molecule has 1 heterocycles. The topological polar surface area (TPSA) is 78.4 Å². The summed E-state index contributed by atoms with van der Waals surface area (Å²) in [5.41, 5.74) is 1.64. The minimum absolute atomic E-state index is 0. The fourth-order valence-electron chi connectivity index (χ4n) is 2.19. The van der Waals surface area contributed by atoms with Crippen LogP contribution >= 0.6 is 35.6 Å². The molecule has 140 valence electrons. The van der Waals surface area contributed by atoms with Crippen LogP contribution in [-0.2, 0) is 6.42 Å². The van der Waals surface area contributed by atoms with Crippen LogP contribution < -0.4 is 16.0 Å². The lowest BCUT2D eigenvalue weighted by molar-refractivity contribution is 0.0954. The molecule has 0 aliphatic carbocycles. The fraction of sp³-hybridized carbons (Fsp3) is 0.278. The van der Waals surface area contributed by atoms with Crippen molar-refractivity contribution in [3.05, 3.63) is 64.9 Å². The normalized spacial score (nSPS) is 10.6. The van der Waals surface area contributed by atoms with Gasteiger partial charge in [0.05, 0.1) is 5.56 Å². The third-order valence-electron chi connectivity index (χ3n) is 3.49. The Hall–Kier alpha value is -1.87. The van der Waals surface area contributed by atoms with Crippen LogP contribution in [0.4, 0.5) is 0 Å². The van der Waals surface area contributed by atoms with Gasteiger partial charge in [-0.25, -0.2) is 0 Å². The van der Waals surface area contributed by atoms with Crippen LogP contribution in [0.2, 0.25) is 5.02 Å². The number of carbonyl (C=O) groups excluding carboxylic acids is 1. The quantitative estimate of drug-likeness (QED) is 0.243. The van der Waals surface area contributed by atoms with E-state index in [9.17, 15) is 4.79 Å². The van der Waals surface area contributed by atoms with Gasteiger partial charge >= 0.3 is 0 Å². The fourth-order valence-corrected chi connectivity index (χ4v) is 2.42. The van der Waals surface area contributed by atoms with E-state index in [1.54, 1.807) is 25.4 Å². The number of amides is 1. The minimum Gasteiger partial charge on any atom is -0.356 e. The van der Waals surface area contributed by atoms with Crippen LogP contribution in [0.5, 0.6) is 0 Å². The highest BCUT2D eigenvalue weighted by atomic mass is 127. The zero-order valence-electron chi connectivity index (χ0n) is 14.5. The molecule has 2 aromatic rings. The van der Waals surface area contributed by atoms with Gasteiger partial charge in [-0.05, 0) is 30.2 Å². The Morgan fingerprint density at radius 1 is 1.08 bits per heavy atom. The summed E-state index contributed by atoms with van der Waals surface area (Å²) < 4.78 is 0. The smallest absolute Gasteiger partial charge is 0.252 e. The lowest BCUT2D eigenvalue weighted by Gasteiger charge is -2.12. The molecule has 0 saturated heterocycles. The van der Waals surface area contributed by atoms with Gasteiger partial charge in [0.15, 0.2) is 5.96 Å². The Kier molecular flexibility index (Phi) is 10.6. The standard InChI is InChI=1S/C18H22ClN5O.HI/c1-20-18(23-10-8-14-5-2-3-7-16(14)19)24-12-11-22-17(25)15-6-4-9-21-13-15;/h2-7,9,13H,8,10-12H2,1H3,(H,22,25)(H2,20,23,24);1H. The molecule has 2 rings (SSSR count). The van der Waals surface area contributed by atoms with Crippen LogP contribution in [-0.4, -0.2) is 43.5 Å². The number of pyridine rings is 1. The summed E-state index contributed by atoms with van der Waals surface area (Å²) in [5, 5.41) is 9.97. The van der Waals surface area contributed by atoms with E-state index in [-0.39, 0.29) is 29.9 Å². The molecule has 3 N–H and O–H groups in total. The molecule has 0 aliphatic heterocycles. The second-order valence-corrected chi connectivity index (χ2v) is 5.67. The number of hydrogen-bond donors (Lipinski definition) is 3. The highest BCUT2D eigenvalue weighted by Crippen LogP contribution is 2.14. The molecule has 1 amide bonds. The van der Waals surface area contributed by atoms with Crippen LogP contribution in [0.1, 0.15) is 15.9 Å². The maximum atomic E-state index is 11.9. The monoisotopic (exact) mass is 487 g/mol. The molecular weight excluding hydrogens is 465 g/mol. The van der Waals surface area contributed by atoms with E-state index >= 15 is 0 Å². The predicted octanol–water partition coefficient (Wildman–Crippen LogP) is 2.49. The molecule has 6 nitrogen and oxygen atoms in total. The average Bonchev–Trinajstić information content (AvgIpc) is 2.65. The largest absolute Gasteiger partial charge is 0.356 e. The molecule has 0 bridgehead atoms. The molecule has 0 radical (unpaired) electrons. The molecule has 0 spiro atoms. The van der Waals surface area contributed by atoms with Gasteiger partial charge in [-0.15, -0.1) is 24.0 Å². The Bertz CT molecular complexity index is 712. The van der Waals surface area contributed by atoms with Crippen molar-refractivity contribution in [1.29, 1.82) is 0 Å². The molecule has 26 heavy (non-hydrogen) atoms. The van der Waals surface area contributed by atoms with E-state index in [2.05, 4.69) is 25.9 Å². The number of aliphatic imine (C=N–C) groups is 1. The number of hydrogen-bond acceptors (Lipinski definition) is 3. The van der Waals surface area contributed by atoms with Gasteiger partial charge in [0.1, 0.15) is 0 Å². The van der Waals surface area contributed by atoms with Gasteiger partial charge < -0.3 is 16.0 Å². The summed E-state index contributed by atoms with van der Waals surface area (Å²) in [6.07, 6.45) is 3.98. The summed E-state index contributed by atoms with van der Waals surface area (Å²) in [4.78, 5) is 20.0. The SMILES string of the molecule is CN=C(NCCNC(=O)c1cccnc1)NCCc1ccccc1Cl.I. The molecule has 0 fully saturated rings. The van der Waals surface area contributed by atoms with Crippen molar-refractivity contribution in [2.45, 2.75) is 6.42 Å². The van der Waals surface area contributed by atoms with E-state index < -0.39 is 0 Å². The maximum absolute atomic E-state index is 11.9. The van der Waals surface area contributed by atoms with Gasteiger partial charge in [0, 0.05) is 44.1 Å². The molecule has 0 aliphatic rings. The van der Waals surface area contributed by atoms with Crippen LogP contribution in [0.25, 0.3) is 0 Å². The Balaban J connectivity index is 0.00000338. The highest BCUT2D eigenvalue weighted by molar-refractivity contribution is 14.0. The van der Waals surface area contributed by atoms with Crippen molar-refractivity contribution in [1.82, 2.24) is 20.9 Å². The van der Waals surface area contributed by atoms with E-state index in [4.69, 9.17) is 11.6 Å². The number of aromatic nitrogens is 1. The Morgan fingerprint density at radius 3 is 2.50 bits per heavy atom. The molecule has 1 aromatic heterocycles. The molecule has 0 unspecified atom stereocenters. The first kappa shape index (κ1) is 22.2. The van der Waals surface area contributed by atoms with Crippen molar-refractivity contribution in [2.75, 3.05) is 26.7 Å². The third-order valence-corrected chi connectivity index (χ3v) is 3.86. The zero-order chi connectivity index (χ0) is 17.9. The molecular formula is C18H23ClIN5O. The van der Waals surface area contributed by atoms with Gasteiger partial charge in [-0.3, -0.25) is 14.8 Å². The first-order valence-corrected chi connectivity index (χ1v) is 8.44. The summed E-state index contributed by atoms with van der Waals surface area (Å²) in [6, 6.07) is 11.2. The number of halogens is 2. The molecule has 8 heteroatoms. The summed E-state index contributed by atoms with van der Waals surface area (Å²) in [6.45, 7) is 1.77. The van der Waals surface area contributed by atoms with Crippen molar-refractivity contribution in [3.8, 4) is 0 Å². The Labute approximate surface area is 175 Å². The first-order chi connectivity index (χ1) is 12.2. The summed E-state index contributed by atoms with van der Waals surface area (Å²) >= 11 is 6.14. The lowest BCUT2D eigenvalue weighted by Crippen LogP contribution is -2.42. The third kappa shape index (κ3) is 7.57. The molecule has 0 saturated carbocycles. The van der Waals surface area contributed by atoms with Gasteiger partial charge in [-0.1, -0.05) is 29.8 Å². The molecule has 0 atom stereocenters.